The van der Waals surface area contributed by atoms with Crippen molar-refractivity contribution < 1.29 is 21.6 Å². The number of nitrogens with zero attached hydrogens (tertiary/aromatic N) is 4. The average Bonchev–Trinajstić information content (AvgIpc) is 3.15. The third-order valence-corrected chi connectivity index (χ3v) is 5.83. The molecule has 2 aromatic carbocycles. The molecule has 0 saturated heterocycles. The fraction of sp³-hybridized carbons (Fsp3) is 0.150. The molecule has 0 aliphatic heterocycles. The van der Waals surface area contributed by atoms with E-state index in [1.807, 2.05) is 6.92 Å². The van der Waals surface area contributed by atoms with Crippen LogP contribution < -0.4 is 10.0 Å². The van der Waals surface area contributed by atoms with E-state index in [0.717, 1.165) is 10.1 Å². The fourth-order valence-corrected chi connectivity index (χ4v) is 3.96. The zero-order chi connectivity index (χ0) is 23.1. The summed E-state index contributed by atoms with van der Waals surface area (Å²) in [5.41, 5.74) is 2.30. The second-order valence-electron chi connectivity index (χ2n) is 7.05. The van der Waals surface area contributed by atoms with E-state index in [1.165, 1.54) is 30.3 Å². The van der Waals surface area contributed by atoms with Gasteiger partial charge in [0.1, 0.15) is 5.82 Å². The van der Waals surface area contributed by atoms with Gasteiger partial charge in [-0.3, -0.25) is 4.72 Å². The van der Waals surface area contributed by atoms with Crippen LogP contribution in [0.15, 0.2) is 59.5 Å². The molecule has 0 radical (unpaired) electrons. The number of halogens is 4. The minimum atomic E-state index is -4.71. The van der Waals surface area contributed by atoms with Gasteiger partial charge in [0.2, 0.25) is 0 Å². The van der Waals surface area contributed by atoms with E-state index in [1.54, 1.807) is 31.2 Å². The van der Waals surface area contributed by atoms with Gasteiger partial charge in [-0.1, -0.05) is 17.7 Å². The van der Waals surface area contributed by atoms with Gasteiger partial charge in [-0.25, -0.2) is 13.4 Å². The number of hydrogen-bond donors (Lipinski definition) is 2. The maximum absolute atomic E-state index is 13.0. The van der Waals surface area contributed by atoms with Crippen LogP contribution in [-0.2, 0) is 16.2 Å². The molecule has 0 spiro atoms. The van der Waals surface area contributed by atoms with E-state index in [2.05, 4.69) is 25.1 Å². The summed E-state index contributed by atoms with van der Waals surface area (Å²) in [5, 5.41) is 6.41. The van der Waals surface area contributed by atoms with Crippen molar-refractivity contribution in [3.05, 3.63) is 71.7 Å². The first kappa shape index (κ1) is 24.3. The number of hydrogen-bond acceptors (Lipinski definition) is 6. The van der Waals surface area contributed by atoms with Gasteiger partial charge in [0.15, 0.2) is 0 Å². The minimum Gasteiger partial charge on any atom is -0.340 e. The number of fused-ring (bicyclic) bond motifs is 1. The molecule has 0 aliphatic rings. The SMILES string of the molecule is Cc1ccc(NS(=O)(=O)c2ccc(Nc3cc(C)nc4nc(C(F)(F)F)nn34)cc2)cc1.Cl. The molecule has 174 valence electrons. The Morgan fingerprint density at radius 3 is 2.12 bits per heavy atom. The maximum atomic E-state index is 13.0. The van der Waals surface area contributed by atoms with Crippen LogP contribution in [0.4, 0.5) is 30.4 Å². The maximum Gasteiger partial charge on any atom is 0.453 e. The molecule has 8 nitrogen and oxygen atoms in total. The van der Waals surface area contributed by atoms with Crippen LogP contribution in [0.25, 0.3) is 5.78 Å². The van der Waals surface area contributed by atoms with Gasteiger partial charge in [-0.15, -0.1) is 17.5 Å². The lowest BCUT2D eigenvalue weighted by Crippen LogP contribution is -2.13. The number of sulfonamides is 1. The summed E-state index contributed by atoms with van der Waals surface area (Å²) < 4.78 is 67.5. The van der Waals surface area contributed by atoms with Crippen LogP contribution in [0.5, 0.6) is 0 Å². The van der Waals surface area contributed by atoms with Crippen molar-refractivity contribution in [2.24, 2.45) is 0 Å². The average molecular weight is 499 g/mol. The molecule has 0 aliphatic carbocycles. The minimum absolute atomic E-state index is 0. The van der Waals surface area contributed by atoms with Crippen molar-refractivity contribution in [3.8, 4) is 0 Å². The molecule has 0 fully saturated rings. The van der Waals surface area contributed by atoms with Gasteiger partial charge in [0.25, 0.3) is 21.6 Å². The van der Waals surface area contributed by atoms with E-state index in [4.69, 9.17) is 0 Å². The summed E-state index contributed by atoms with van der Waals surface area (Å²) >= 11 is 0. The lowest BCUT2D eigenvalue weighted by atomic mass is 10.2. The topological polar surface area (TPSA) is 101 Å². The molecular formula is C20H18ClF3N6O2S. The summed E-state index contributed by atoms with van der Waals surface area (Å²) in [4.78, 5) is 7.42. The Morgan fingerprint density at radius 2 is 1.52 bits per heavy atom. The van der Waals surface area contributed by atoms with Gasteiger partial charge in [-0.05, 0) is 50.2 Å². The Hall–Kier alpha value is -3.38. The molecule has 13 heteroatoms. The van der Waals surface area contributed by atoms with E-state index >= 15 is 0 Å². The first-order chi connectivity index (χ1) is 15.0. The van der Waals surface area contributed by atoms with Gasteiger partial charge in [0, 0.05) is 23.1 Å². The third kappa shape index (κ3) is 5.34. The number of anilines is 3. The molecule has 4 aromatic rings. The molecule has 2 heterocycles. The van der Waals surface area contributed by atoms with E-state index in [-0.39, 0.29) is 28.9 Å². The zero-order valence-corrected chi connectivity index (χ0v) is 18.9. The molecule has 4 rings (SSSR count). The van der Waals surface area contributed by atoms with Gasteiger partial charge >= 0.3 is 6.18 Å². The lowest BCUT2D eigenvalue weighted by Gasteiger charge is -2.11. The Labute approximate surface area is 193 Å². The summed E-state index contributed by atoms with van der Waals surface area (Å²) in [6.07, 6.45) is -4.71. The van der Waals surface area contributed by atoms with Crippen molar-refractivity contribution >= 4 is 45.4 Å². The van der Waals surface area contributed by atoms with Crippen molar-refractivity contribution in [1.82, 2.24) is 19.6 Å². The van der Waals surface area contributed by atoms with E-state index in [9.17, 15) is 21.6 Å². The highest BCUT2D eigenvalue weighted by molar-refractivity contribution is 7.92. The van der Waals surface area contributed by atoms with Crippen molar-refractivity contribution in [3.63, 3.8) is 0 Å². The molecule has 0 unspecified atom stereocenters. The van der Waals surface area contributed by atoms with Gasteiger partial charge in [-0.2, -0.15) is 22.7 Å². The standard InChI is InChI=1S/C20H17F3N6O2S.ClH/c1-12-3-5-15(6-4-12)28-32(30,31)16-9-7-14(8-10-16)25-17-11-13(2)24-19-26-18(20(21,22)23)27-29(17)19;/h3-11,25,28H,1-2H3;1H. The largest absolute Gasteiger partial charge is 0.453 e. The summed E-state index contributed by atoms with van der Waals surface area (Å²) in [6, 6.07) is 14.2. The highest BCUT2D eigenvalue weighted by Gasteiger charge is 2.36. The van der Waals surface area contributed by atoms with Gasteiger partial charge in [0.05, 0.1) is 4.90 Å². The summed E-state index contributed by atoms with van der Waals surface area (Å²) in [5.74, 6) is -1.31. The summed E-state index contributed by atoms with van der Waals surface area (Å²) in [7, 11) is -3.81. The number of aromatic nitrogens is 4. The van der Waals surface area contributed by atoms with E-state index < -0.39 is 22.0 Å². The molecular weight excluding hydrogens is 481 g/mol. The number of alkyl halides is 3. The van der Waals surface area contributed by atoms with Crippen LogP contribution in [0.1, 0.15) is 17.1 Å². The normalized spacial score (nSPS) is 11.8. The van der Waals surface area contributed by atoms with E-state index in [0.29, 0.717) is 17.1 Å². The molecule has 2 aromatic heterocycles. The predicted molar refractivity (Wildman–Crippen MR) is 119 cm³/mol. The number of benzene rings is 2. The highest BCUT2D eigenvalue weighted by atomic mass is 35.5. The molecule has 0 bridgehead atoms. The quantitative estimate of drug-likeness (QED) is 0.412. The Balaban J connectivity index is 0.00000306. The monoisotopic (exact) mass is 498 g/mol. The number of rotatable bonds is 5. The Morgan fingerprint density at radius 1 is 0.909 bits per heavy atom. The second kappa shape index (κ2) is 8.87. The lowest BCUT2D eigenvalue weighted by molar-refractivity contribution is -0.144. The smallest absolute Gasteiger partial charge is 0.340 e. The highest BCUT2D eigenvalue weighted by Crippen LogP contribution is 2.28. The van der Waals surface area contributed by atoms with Crippen LogP contribution in [0.3, 0.4) is 0 Å². The second-order valence-corrected chi connectivity index (χ2v) is 8.73. The van der Waals surface area contributed by atoms with Crippen molar-refractivity contribution in [2.75, 3.05) is 10.0 Å². The fourth-order valence-electron chi connectivity index (χ4n) is 2.90. The van der Waals surface area contributed by atoms with Crippen LogP contribution >= 0.6 is 12.4 Å². The third-order valence-electron chi connectivity index (χ3n) is 4.43. The van der Waals surface area contributed by atoms with Crippen LogP contribution in [-0.4, -0.2) is 28.0 Å². The molecule has 2 N–H and O–H groups in total. The number of aryl methyl sites for hydroxylation is 2. The number of nitrogens with one attached hydrogen (secondary N) is 2. The van der Waals surface area contributed by atoms with Gasteiger partial charge < -0.3 is 5.32 Å². The van der Waals surface area contributed by atoms with Crippen LogP contribution in [0.2, 0.25) is 0 Å². The van der Waals surface area contributed by atoms with Crippen molar-refractivity contribution in [1.29, 1.82) is 0 Å². The molecule has 33 heavy (non-hydrogen) atoms. The summed E-state index contributed by atoms with van der Waals surface area (Å²) in [6.45, 7) is 3.50. The van der Waals surface area contributed by atoms with Crippen molar-refractivity contribution in [2.45, 2.75) is 24.9 Å². The predicted octanol–water partition coefficient (Wildman–Crippen LogP) is 4.73. The van der Waals surface area contributed by atoms with Crippen LogP contribution in [0, 0.1) is 13.8 Å². The molecule has 0 atom stereocenters. The Kier molecular flexibility index (Phi) is 6.52. The molecule has 0 amide bonds. The molecule has 0 saturated carbocycles. The zero-order valence-electron chi connectivity index (χ0n) is 17.3. The first-order valence-electron chi connectivity index (χ1n) is 9.29. The first-order valence-corrected chi connectivity index (χ1v) is 10.8. The Bertz CT molecular complexity index is 1390.